The molecular formula is C23H23N3O2. The van der Waals surface area contributed by atoms with Crippen molar-refractivity contribution in [2.75, 3.05) is 13.7 Å². The van der Waals surface area contributed by atoms with E-state index in [0.29, 0.717) is 5.56 Å². The minimum absolute atomic E-state index is 0.0678. The van der Waals surface area contributed by atoms with Gasteiger partial charge in [-0.3, -0.25) is 14.8 Å². The summed E-state index contributed by atoms with van der Waals surface area (Å²) in [5.74, 6) is 0.891. The molecule has 28 heavy (non-hydrogen) atoms. The Hall–Kier alpha value is -3.21. The SMILES string of the molecule is COc1cccc([C@@H]2CCCCN2C(=O)c2ccc(-c3cnccn3)cc2)c1. The fourth-order valence-corrected chi connectivity index (χ4v) is 3.77. The van der Waals surface area contributed by atoms with Gasteiger partial charge in [0.1, 0.15) is 5.75 Å². The van der Waals surface area contributed by atoms with Gasteiger partial charge in [-0.05, 0) is 49.1 Å². The molecule has 3 aromatic rings. The zero-order chi connectivity index (χ0) is 19.3. The zero-order valence-corrected chi connectivity index (χ0v) is 15.9. The quantitative estimate of drug-likeness (QED) is 0.675. The number of methoxy groups -OCH3 is 1. The van der Waals surface area contributed by atoms with Crippen LogP contribution in [-0.2, 0) is 0 Å². The van der Waals surface area contributed by atoms with E-state index in [1.807, 2.05) is 47.4 Å². The number of rotatable bonds is 4. The second-order valence-electron chi connectivity index (χ2n) is 6.95. The predicted molar refractivity (Wildman–Crippen MR) is 108 cm³/mol. The normalized spacial score (nSPS) is 16.6. The lowest BCUT2D eigenvalue weighted by Crippen LogP contribution is -2.38. The lowest BCUT2D eigenvalue weighted by Gasteiger charge is -2.36. The molecule has 1 amide bonds. The van der Waals surface area contributed by atoms with Gasteiger partial charge < -0.3 is 9.64 Å². The molecule has 0 saturated carbocycles. The van der Waals surface area contributed by atoms with Gasteiger partial charge in [0.15, 0.2) is 0 Å². The molecule has 2 heterocycles. The van der Waals surface area contributed by atoms with E-state index in [-0.39, 0.29) is 11.9 Å². The number of carbonyl (C=O) groups excluding carboxylic acids is 1. The Balaban J connectivity index is 1.58. The average Bonchev–Trinajstić information content (AvgIpc) is 2.79. The number of ether oxygens (including phenoxy) is 1. The Labute approximate surface area is 165 Å². The van der Waals surface area contributed by atoms with E-state index < -0.39 is 0 Å². The number of hydrogen-bond acceptors (Lipinski definition) is 4. The maximum atomic E-state index is 13.3. The van der Waals surface area contributed by atoms with Crippen molar-refractivity contribution in [1.82, 2.24) is 14.9 Å². The third kappa shape index (κ3) is 3.74. The van der Waals surface area contributed by atoms with Crippen LogP contribution in [-0.4, -0.2) is 34.4 Å². The molecule has 1 aliphatic rings. The third-order valence-electron chi connectivity index (χ3n) is 5.23. The van der Waals surface area contributed by atoms with Crippen molar-refractivity contribution in [3.63, 3.8) is 0 Å². The van der Waals surface area contributed by atoms with E-state index in [4.69, 9.17) is 4.74 Å². The topological polar surface area (TPSA) is 55.3 Å². The van der Waals surface area contributed by atoms with Crippen LogP contribution < -0.4 is 4.74 Å². The van der Waals surface area contributed by atoms with Crippen molar-refractivity contribution in [3.8, 4) is 17.0 Å². The van der Waals surface area contributed by atoms with Crippen molar-refractivity contribution in [2.24, 2.45) is 0 Å². The predicted octanol–water partition coefficient (Wildman–Crippen LogP) is 4.52. The fourth-order valence-electron chi connectivity index (χ4n) is 3.77. The minimum atomic E-state index is 0.0678. The van der Waals surface area contributed by atoms with Crippen LogP contribution in [0.1, 0.15) is 41.2 Å². The summed E-state index contributed by atoms with van der Waals surface area (Å²) in [7, 11) is 1.67. The molecule has 0 aliphatic carbocycles. The zero-order valence-electron chi connectivity index (χ0n) is 15.9. The van der Waals surface area contributed by atoms with Gasteiger partial charge in [0.2, 0.25) is 0 Å². The Morgan fingerprint density at radius 1 is 1.11 bits per heavy atom. The van der Waals surface area contributed by atoms with Crippen LogP contribution in [0, 0.1) is 0 Å². The van der Waals surface area contributed by atoms with Crippen molar-refractivity contribution in [3.05, 3.63) is 78.2 Å². The number of carbonyl (C=O) groups is 1. The molecule has 0 spiro atoms. The van der Waals surface area contributed by atoms with Crippen LogP contribution in [0.4, 0.5) is 0 Å². The molecule has 0 N–H and O–H groups in total. The number of benzene rings is 2. The summed E-state index contributed by atoms with van der Waals surface area (Å²) in [6.07, 6.45) is 8.16. The molecule has 5 heteroatoms. The highest BCUT2D eigenvalue weighted by Crippen LogP contribution is 2.33. The van der Waals surface area contributed by atoms with Gasteiger partial charge >= 0.3 is 0 Å². The Morgan fingerprint density at radius 2 is 1.96 bits per heavy atom. The van der Waals surface area contributed by atoms with E-state index >= 15 is 0 Å². The second kappa shape index (κ2) is 8.21. The summed E-state index contributed by atoms with van der Waals surface area (Å²) >= 11 is 0. The number of aromatic nitrogens is 2. The molecule has 4 rings (SSSR count). The molecule has 5 nitrogen and oxygen atoms in total. The molecule has 1 saturated heterocycles. The highest BCUT2D eigenvalue weighted by Gasteiger charge is 2.29. The summed E-state index contributed by atoms with van der Waals surface area (Å²) in [4.78, 5) is 23.7. The largest absolute Gasteiger partial charge is 0.497 e. The van der Waals surface area contributed by atoms with Crippen LogP contribution in [0.25, 0.3) is 11.3 Å². The number of nitrogens with zero attached hydrogens (tertiary/aromatic N) is 3. The summed E-state index contributed by atoms with van der Waals surface area (Å²) in [6, 6.07) is 15.7. The summed E-state index contributed by atoms with van der Waals surface area (Å²) in [5, 5.41) is 0. The first kappa shape index (κ1) is 18.2. The van der Waals surface area contributed by atoms with Gasteiger partial charge in [-0.15, -0.1) is 0 Å². The monoisotopic (exact) mass is 373 g/mol. The second-order valence-corrected chi connectivity index (χ2v) is 6.95. The number of hydrogen-bond donors (Lipinski definition) is 0. The number of piperidine rings is 1. The first-order valence-electron chi connectivity index (χ1n) is 9.57. The maximum absolute atomic E-state index is 13.3. The van der Waals surface area contributed by atoms with Crippen LogP contribution in [0.3, 0.4) is 0 Å². The lowest BCUT2D eigenvalue weighted by atomic mass is 9.94. The highest BCUT2D eigenvalue weighted by molar-refractivity contribution is 5.95. The summed E-state index contributed by atoms with van der Waals surface area (Å²) < 4.78 is 5.37. The Morgan fingerprint density at radius 3 is 2.71 bits per heavy atom. The van der Waals surface area contributed by atoms with E-state index in [1.54, 1.807) is 25.7 Å². The molecule has 0 bridgehead atoms. The molecule has 1 atom stereocenters. The molecular weight excluding hydrogens is 350 g/mol. The first-order valence-corrected chi connectivity index (χ1v) is 9.57. The number of amides is 1. The van der Waals surface area contributed by atoms with Gasteiger partial charge in [0.05, 0.1) is 25.0 Å². The molecule has 1 aromatic heterocycles. The van der Waals surface area contributed by atoms with Gasteiger partial charge in [-0.25, -0.2) is 0 Å². The lowest BCUT2D eigenvalue weighted by molar-refractivity contribution is 0.0611. The van der Waals surface area contributed by atoms with Crippen molar-refractivity contribution in [2.45, 2.75) is 25.3 Å². The molecule has 2 aromatic carbocycles. The van der Waals surface area contributed by atoms with E-state index in [9.17, 15) is 4.79 Å². The molecule has 0 radical (unpaired) electrons. The van der Waals surface area contributed by atoms with Gasteiger partial charge in [0, 0.05) is 30.1 Å². The van der Waals surface area contributed by atoms with Crippen LogP contribution in [0.15, 0.2) is 67.1 Å². The standard InChI is InChI=1S/C23H23N3O2/c1-28-20-6-4-5-19(15-20)22-7-2-3-14-26(22)23(27)18-10-8-17(9-11-18)21-16-24-12-13-25-21/h4-6,8-13,15-16,22H,2-3,7,14H2,1H3/t22-/m0/s1. The van der Waals surface area contributed by atoms with Gasteiger partial charge in [-0.1, -0.05) is 24.3 Å². The van der Waals surface area contributed by atoms with Crippen LogP contribution >= 0.6 is 0 Å². The minimum Gasteiger partial charge on any atom is -0.497 e. The molecule has 142 valence electrons. The molecule has 1 fully saturated rings. The van der Waals surface area contributed by atoms with Gasteiger partial charge in [0.25, 0.3) is 5.91 Å². The van der Waals surface area contributed by atoms with Crippen molar-refractivity contribution in [1.29, 1.82) is 0 Å². The van der Waals surface area contributed by atoms with Crippen molar-refractivity contribution >= 4 is 5.91 Å². The molecule has 1 aliphatic heterocycles. The van der Waals surface area contributed by atoms with Gasteiger partial charge in [-0.2, -0.15) is 0 Å². The van der Waals surface area contributed by atoms with Crippen LogP contribution in [0.2, 0.25) is 0 Å². The smallest absolute Gasteiger partial charge is 0.254 e. The molecule has 0 unspecified atom stereocenters. The third-order valence-corrected chi connectivity index (χ3v) is 5.23. The number of likely N-dealkylation sites (tertiary alicyclic amines) is 1. The Kier molecular flexibility index (Phi) is 5.33. The average molecular weight is 373 g/mol. The summed E-state index contributed by atoms with van der Waals surface area (Å²) in [5.41, 5.74) is 3.58. The Bertz CT molecular complexity index is 942. The van der Waals surface area contributed by atoms with E-state index in [2.05, 4.69) is 16.0 Å². The maximum Gasteiger partial charge on any atom is 0.254 e. The van der Waals surface area contributed by atoms with E-state index in [1.165, 1.54) is 0 Å². The van der Waals surface area contributed by atoms with Crippen molar-refractivity contribution < 1.29 is 9.53 Å². The first-order chi connectivity index (χ1) is 13.8. The fraction of sp³-hybridized carbons (Fsp3) is 0.261. The van der Waals surface area contributed by atoms with E-state index in [0.717, 1.165) is 48.4 Å². The van der Waals surface area contributed by atoms with Crippen LogP contribution in [0.5, 0.6) is 5.75 Å². The highest BCUT2D eigenvalue weighted by atomic mass is 16.5. The summed E-state index contributed by atoms with van der Waals surface area (Å²) in [6.45, 7) is 0.770.